The molecule has 0 bridgehead atoms. The van der Waals surface area contributed by atoms with E-state index in [1.54, 1.807) is 0 Å². The van der Waals surface area contributed by atoms with Crippen molar-refractivity contribution in [2.45, 2.75) is 76.5 Å². The highest BCUT2D eigenvalue weighted by Crippen LogP contribution is 2.35. The molecule has 1 saturated carbocycles. The fourth-order valence-corrected chi connectivity index (χ4v) is 6.84. The standard InChI is InChI=1S/C32H43N3O3/c1-2-35(32(37)38-24-25-12-6-3-7-13-25)28-18-20-33(21-19-28)30-23-34(31(36)27-16-10-5-11-17-27)22-29(30)26-14-8-4-9-15-26/h3-4,6-9,12-15,27-30H,2,5,10-11,16-24H2,1H3/t29-,30+/m1/s1. The minimum atomic E-state index is -0.220. The lowest BCUT2D eigenvalue weighted by Gasteiger charge is -2.41. The number of carbonyl (C=O) groups excluding carboxylic acids is 2. The van der Waals surface area contributed by atoms with E-state index in [0.717, 1.165) is 57.4 Å². The molecule has 5 rings (SSSR count). The smallest absolute Gasteiger partial charge is 0.410 e. The third kappa shape index (κ3) is 6.23. The van der Waals surface area contributed by atoms with Crippen LogP contribution >= 0.6 is 0 Å². The Morgan fingerprint density at radius 2 is 1.53 bits per heavy atom. The number of hydrogen-bond acceptors (Lipinski definition) is 4. The molecule has 0 N–H and O–H groups in total. The van der Waals surface area contributed by atoms with Gasteiger partial charge in [0, 0.05) is 56.6 Å². The summed E-state index contributed by atoms with van der Waals surface area (Å²) >= 11 is 0. The van der Waals surface area contributed by atoms with Crippen LogP contribution in [-0.2, 0) is 16.1 Å². The number of benzene rings is 2. The summed E-state index contributed by atoms with van der Waals surface area (Å²) in [4.78, 5) is 33.1. The highest BCUT2D eigenvalue weighted by molar-refractivity contribution is 5.79. The van der Waals surface area contributed by atoms with Crippen molar-refractivity contribution in [3.05, 3.63) is 71.8 Å². The van der Waals surface area contributed by atoms with Crippen LogP contribution in [0, 0.1) is 5.92 Å². The highest BCUT2D eigenvalue weighted by Gasteiger charge is 2.42. The van der Waals surface area contributed by atoms with Gasteiger partial charge in [-0.3, -0.25) is 9.69 Å². The summed E-state index contributed by atoms with van der Waals surface area (Å²) in [6.07, 6.45) is 7.38. The Bertz CT molecular complexity index is 1030. The third-order valence-electron chi connectivity index (χ3n) is 8.97. The molecule has 38 heavy (non-hydrogen) atoms. The van der Waals surface area contributed by atoms with Crippen LogP contribution in [0.4, 0.5) is 4.79 Å². The minimum absolute atomic E-state index is 0.191. The largest absolute Gasteiger partial charge is 0.445 e. The van der Waals surface area contributed by atoms with E-state index in [-0.39, 0.29) is 18.1 Å². The molecule has 2 atom stereocenters. The second-order valence-corrected chi connectivity index (χ2v) is 11.3. The lowest BCUT2D eigenvalue weighted by atomic mass is 9.88. The van der Waals surface area contributed by atoms with Gasteiger partial charge in [0.25, 0.3) is 0 Å². The summed E-state index contributed by atoms with van der Waals surface area (Å²) in [7, 11) is 0. The van der Waals surface area contributed by atoms with E-state index in [0.29, 0.717) is 31.0 Å². The molecule has 2 aromatic carbocycles. The molecular formula is C32H43N3O3. The average molecular weight is 518 g/mol. The molecular weight excluding hydrogens is 474 g/mol. The highest BCUT2D eigenvalue weighted by atomic mass is 16.6. The van der Waals surface area contributed by atoms with Gasteiger partial charge in [0.2, 0.25) is 5.91 Å². The normalized spacial score (nSPS) is 23.3. The van der Waals surface area contributed by atoms with E-state index in [1.165, 1.54) is 24.8 Å². The molecule has 204 valence electrons. The molecule has 0 spiro atoms. The van der Waals surface area contributed by atoms with Crippen LogP contribution in [0.25, 0.3) is 0 Å². The zero-order valence-electron chi connectivity index (χ0n) is 22.8. The fourth-order valence-electron chi connectivity index (χ4n) is 6.84. The van der Waals surface area contributed by atoms with Crippen LogP contribution < -0.4 is 0 Å². The Labute approximate surface area is 227 Å². The van der Waals surface area contributed by atoms with Crippen molar-refractivity contribution >= 4 is 12.0 Å². The SMILES string of the molecule is CCN(C(=O)OCc1ccccc1)C1CCN([C@H]2CN(C(=O)C3CCCCC3)C[C@@H]2c2ccccc2)CC1. The minimum Gasteiger partial charge on any atom is -0.445 e. The van der Waals surface area contributed by atoms with Crippen LogP contribution in [0.15, 0.2) is 60.7 Å². The van der Waals surface area contributed by atoms with Gasteiger partial charge < -0.3 is 14.5 Å². The summed E-state index contributed by atoms with van der Waals surface area (Å²) in [6.45, 7) is 6.50. The predicted molar refractivity (Wildman–Crippen MR) is 150 cm³/mol. The number of carbonyl (C=O) groups is 2. The summed E-state index contributed by atoms with van der Waals surface area (Å²) in [5.41, 5.74) is 2.34. The summed E-state index contributed by atoms with van der Waals surface area (Å²) < 4.78 is 5.66. The van der Waals surface area contributed by atoms with Crippen LogP contribution in [0.1, 0.15) is 68.9 Å². The van der Waals surface area contributed by atoms with Crippen molar-refractivity contribution in [2.75, 3.05) is 32.7 Å². The first kappa shape index (κ1) is 26.7. The van der Waals surface area contributed by atoms with Crippen LogP contribution in [0.2, 0.25) is 0 Å². The first-order valence-corrected chi connectivity index (χ1v) is 14.7. The molecule has 6 heteroatoms. The molecule has 0 unspecified atom stereocenters. The number of likely N-dealkylation sites (tertiary alicyclic amines) is 2. The van der Waals surface area contributed by atoms with Gasteiger partial charge in [-0.25, -0.2) is 4.79 Å². The first-order chi connectivity index (χ1) is 18.6. The molecule has 6 nitrogen and oxygen atoms in total. The molecule has 2 heterocycles. The van der Waals surface area contributed by atoms with Crippen molar-refractivity contribution in [1.29, 1.82) is 0 Å². The third-order valence-corrected chi connectivity index (χ3v) is 8.97. The Kier molecular flexibility index (Phi) is 9.00. The fraction of sp³-hybridized carbons (Fsp3) is 0.562. The average Bonchev–Trinajstić information content (AvgIpc) is 3.43. The molecule has 2 aliphatic heterocycles. The van der Waals surface area contributed by atoms with Crippen LogP contribution in [0.3, 0.4) is 0 Å². The molecule has 2 saturated heterocycles. The summed E-state index contributed by atoms with van der Waals surface area (Å²) in [6, 6.07) is 21.1. The molecule has 1 aliphatic carbocycles. The number of rotatable bonds is 7. The number of nitrogens with zero attached hydrogens (tertiary/aromatic N) is 3. The maximum absolute atomic E-state index is 13.5. The van der Waals surface area contributed by atoms with E-state index < -0.39 is 0 Å². The van der Waals surface area contributed by atoms with Crippen molar-refractivity contribution in [1.82, 2.24) is 14.7 Å². The van der Waals surface area contributed by atoms with Crippen LogP contribution in [0.5, 0.6) is 0 Å². The van der Waals surface area contributed by atoms with Gasteiger partial charge in [0.05, 0.1) is 0 Å². The Morgan fingerprint density at radius 1 is 0.868 bits per heavy atom. The molecule has 0 aromatic heterocycles. The Balaban J connectivity index is 1.21. The van der Waals surface area contributed by atoms with Gasteiger partial charge >= 0.3 is 6.09 Å². The quantitative estimate of drug-likeness (QED) is 0.474. The monoisotopic (exact) mass is 517 g/mol. The Hall–Kier alpha value is -2.86. The lowest BCUT2D eigenvalue weighted by Crippen LogP contribution is -2.51. The summed E-state index contributed by atoms with van der Waals surface area (Å²) in [5, 5.41) is 0. The second-order valence-electron chi connectivity index (χ2n) is 11.3. The van der Waals surface area contributed by atoms with Crippen molar-refractivity contribution in [3.8, 4) is 0 Å². The van der Waals surface area contributed by atoms with E-state index >= 15 is 0 Å². The van der Waals surface area contributed by atoms with Gasteiger partial charge in [0.15, 0.2) is 0 Å². The zero-order chi connectivity index (χ0) is 26.3. The van der Waals surface area contributed by atoms with Crippen molar-refractivity contribution in [2.24, 2.45) is 5.92 Å². The van der Waals surface area contributed by atoms with Gasteiger partial charge in [0.1, 0.15) is 6.61 Å². The van der Waals surface area contributed by atoms with Gasteiger partial charge in [-0.2, -0.15) is 0 Å². The van der Waals surface area contributed by atoms with E-state index in [9.17, 15) is 9.59 Å². The number of amides is 2. The van der Waals surface area contributed by atoms with Gasteiger partial charge in [-0.15, -0.1) is 0 Å². The maximum Gasteiger partial charge on any atom is 0.410 e. The van der Waals surface area contributed by atoms with Crippen molar-refractivity contribution in [3.63, 3.8) is 0 Å². The number of hydrogen-bond donors (Lipinski definition) is 0. The second kappa shape index (κ2) is 12.8. The van der Waals surface area contributed by atoms with E-state index in [2.05, 4.69) is 40.1 Å². The molecule has 3 aliphatic rings. The molecule has 0 radical (unpaired) electrons. The molecule has 3 fully saturated rings. The Morgan fingerprint density at radius 3 is 2.18 bits per heavy atom. The number of piperidine rings is 1. The van der Waals surface area contributed by atoms with Gasteiger partial charge in [-0.1, -0.05) is 79.9 Å². The van der Waals surface area contributed by atoms with Gasteiger partial charge in [-0.05, 0) is 43.7 Å². The topological polar surface area (TPSA) is 53.1 Å². The first-order valence-electron chi connectivity index (χ1n) is 14.7. The lowest BCUT2D eigenvalue weighted by molar-refractivity contribution is -0.135. The predicted octanol–water partition coefficient (Wildman–Crippen LogP) is 5.68. The van der Waals surface area contributed by atoms with E-state index in [4.69, 9.17) is 4.74 Å². The maximum atomic E-state index is 13.5. The van der Waals surface area contributed by atoms with Crippen molar-refractivity contribution < 1.29 is 14.3 Å². The number of ether oxygens (including phenoxy) is 1. The molecule has 2 aromatic rings. The zero-order valence-corrected chi connectivity index (χ0v) is 22.8. The van der Waals surface area contributed by atoms with Crippen LogP contribution in [-0.4, -0.2) is 71.5 Å². The summed E-state index contributed by atoms with van der Waals surface area (Å²) in [5.74, 6) is 0.921. The van der Waals surface area contributed by atoms with E-state index in [1.807, 2.05) is 42.2 Å². The molecule has 2 amide bonds.